The molecule has 1 unspecified atom stereocenters. The molecule has 6 nitrogen and oxygen atoms in total. The second-order valence-electron chi connectivity index (χ2n) is 5.78. The van der Waals surface area contributed by atoms with Crippen LogP contribution in [0.5, 0.6) is 0 Å². The van der Waals surface area contributed by atoms with Gasteiger partial charge in [-0.1, -0.05) is 13.3 Å². The summed E-state index contributed by atoms with van der Waals surface area (Å²) in [6, 6.07) is 0. The normalized spacial score (nSPS) is 17.6. The molecule has 0 aliphatic carbocycles. The largest absolute Gasteiger partial charge is 0.395 e. The number of aliphatic hydroxyl groups is 1. The third kappa shape index (κ3) is 4.82. The highest BCUT2D eigenvalue weighted by Gasteiger charge is 2.23. The van der Waals surface area contributed by atoms with Gasteiger partial charge in [-0.3, -0.25) is 4.79 Å². The highest BCUT2D eigenvalue weighted by molar-refractivity contribution is 5.78. The number of amides is 1. The second kappa shape index (κ2) is 8.14. The van der Waals surface area contributed by atoms with Gasteiger partial charge < -0.3 is 19.9 Å². The average molecular weight is 294 g/mol. The second-order valence-corrected chi connectivity index (χ2v) is 5.78. The van der Waals surface area contributed by atoms with E-state index in [0.717, 1.165) is 25.5 Å². The Bertz CT molecular complexity index is 415. The molecule has 0 bridgehead atoms. The van der Waals surface area contributed by atoms with E-state index >= 15 is 0 Å². The maximum Gasteiger partial charge on any atom is 0.227 e. The summed E-state index contributed by atoms with van der Waals surface area (Å²) >= 11 is 0. The van der Waals surface area contributed by atoms with Crippen molar-refractivity contribution in [2.24, 2.45) is 5.92 Å². The summed E-state index contributed by atoms with van der Waals surface area (Å²) in [6.45, 7) is 5.72. The summed E-state index contributed by atoms with van der Waals surface area (Å²) in [7, 11) is 0. The van der Waals surface area contributed by atoms with Crippen LogP contribution in [0.1, 0.15) is 32.0 Å². The standard InChI is InChI=1S/C15H26N4O2/c1-13(11-18-7-3-2-4-8-18)15(21)19(9-10-20)12-14-16-5-6-17-14/h5-6,13,20H,2-4,7-12H2,1H3,(H,16,17). The first-order valence-corrected chi connectivity index (χ1v) is 7.81. The van der Waals surface area contributed by atoms with Crippen LogP contribution in [0.2, 0.25) is 0 Å². The molecular formula is C15H26N4O2. The third-order valence-electron chi connectivity index (χ3n) is 3.98. The number of hydrogen-bond donors (Lipinski definition) is 2. The summed E-state index contributed by atoms with van der Waals surface area (Å²) < 4.78 is 0. The van der Waals surface area contributed by atoms with Crippen LogP contribution in [-0.2, 0) is 11.3 Å². The van der Waals surface area contributed by atoms with Crippen molar-refractivity contribution in [2.75, 3.05) is 32.8 Å². The van der Waals surface area contributed by atoms with Gasteiger partial charge in [0.25, 0.3) is 0 Å². The minimum atomic E-state index is -0.0513. The Labute approximate surface area is 126 Å². The molecule has 0 radical (unpaired) electrons. The number of aromatic nitrogens is 2. The number of nitrogens with one attached hydrogen (secondary N) is 1. The summed E-state index contributed by atoms with van der Waals surface area (Å²) in [5.41, 5.74) is 0. The molecule has 1 atom stereocenters. The molecule has 1 aliphatic heterocycles. The number of nitrogens with zero attached hydrogens (tertiary/aromatic N) is 3. The van der Waals surface area contributed by atoms with Crippen molar-refractivity contribution < 1.29 is 9.90 Å². The van der Waals surface area contributed by atoms with Crippen LogP contribution in [0.25, 0.3) is 0 Å². The fourth-order valence-corrected chi connectivity index (χ4v) is 2.87. The maximum absolute atomic E-state index is 12.6. The zero-order valence-corrected chi connectivity index (χ0v) is 12.8. The number of aliphatic hydroxyl groups excluding tert-OH is 1. The van der Waals surface area contributed by atoms with E-state index in [9.17, 15) is 9.90 Å². The van der Waals surface area contributed by atoms with Gasteiger partial charge >= 0.3 is 0 Å². The van der Waals surface area contributed by atoms with Crippen LogP contribution in [0.15, 0.2) is 12.4 Å². The Morgan fingerprint density at radius 3 is 2.86 bits per heavy atom. The van der Waals surface area contributed by atoms with Gasteiger partial charge in [0.2, 0.25) is 5.91 Å². The van der Waals surface area contributed by atoms with Gasteiger partial charge in [-0.25, -0.2) is 4.98 Å². The number of H-pyrrole nitrogens is 1. The Hall–Kier alpha value is -1.40. The molecule has 1 fully saturated rings. The molecule has 6 heteroatoms. The van der Waals surface area contributed by atoms with Crippen molar-refractivity contribution >= 4 is 5.91 Å². The van der Waals surface area contributed by atoms with E-state index in [-0.39, 0.29) is 18.4 Å². The first kappa shape index (κ1) is 16.0. The number of carbonyl (C=O) groups is 1. The molecule has 1 aromatic rings. The fraction of sp³-hybridized carbons (Fsp3) is 0.733. The van der Waals surface area contributed by atoms with Crippen LogP contribution in [0.4, 0.5) is 0 Å². The Morgan fingerprint density at radius 1 is 1.48 bits per heavy atom. The first-order valence-electron chi connectivity index (χ1n) is 7.81. The number of rotatable bonds is 7. The van der Waals surface area contributed by atoms with Crippen LogP contribution < -0.4 is 0 Å². The van der Waals surface area contributed by atoms with Crippen LogP contribution >= 0.6 is 0 Å². The highest BCUT2D eigenvalue weighted by atomic mass is 16.3. The SMILES string of the molecule is CC(CN1CCCCC1)C(=O)N(CCO)Cc1ncc[nH]1. The average Bonchev–Trinajstić information content (AvgIpc) is 3.00. The Kier molecular flexibility index (Phi) is 6.20. The lowest BCUT2D eigenvalue weighted by Gasteiger charge is -2.31. The molecule has 0 spiro atoms. The monoisotopic (exact) mass is 294 g/mol. The molecule has 1 saturated heterocycles. The number of aromatic amines is 1. The van der Waals surface area contributed by atoms with Gasteiger partial charge in [0.15, 0.2) is 0 Å². The van der Waals surface area contributed by atoms with Crippen molar-refractivity contribution in [3.63, 3.8) is 0 Å². The minimum absolute atomic E-state index is 0.0249. The quantitative estimate of drug-likeness (QED) is 0.782. The lowest BCUT2D eigenvalue weighted by molar-refractivity contribution is -0.137. The molecule has 118 valence electrons. The van der Waals surface area contributed by atoms with E-state index in [2.05, 4.69) is 14.9 Å². The molecule has 1 aromatic heterocycles. The van der Waals surface area contributed by atoms with E-state index in [4.69, 9.17) is 0 Å². The maximum atomic E-state index is 12.6. The van der Waals surface area contributed by atoms with E-state index < -0.39 is 0 Å². The van der Waals surface area contributed by atoms with Gasteiger partial charge in [0.05, 0.1) is 13.2 Å². The third-order valence-corrected chi connectivity index (χ3v) is 3.98. The van der Waals surface area contributed by atoms with Gasteiger partial charge in [-0.05, 0) is 25.9 Å². The van der Waals surface area contributed by atoms with Crippen LogP contribution in [-0.4, -0.2) is 63.6 Å². The van der Waals surface area contributed by atoms with Crippen molar-refractivity contribution in [1.82, 2.24) is 19.8 Å². The van der Waals surface area contributed by atoms with Crippen molar-refractivity contribution in [1.29, 1.82) is 0 Å². The van der Waals surface area contributed by atoms with Gasteiger partial charge in [0, 0.05) is 31.4 Å². The molecule has 1 aliphatic rings. The smallest absolute Gasteiger partial charge is 0.227 e. The lowest BCUT2D eigenvalue weighted by atomic mass is 10.1. The predicted molar refractivity (Wildman–Crippen MR) is 80.5 cm³/mol. The number of piperidine rings is 1. The Morgan fingerprint density at radius 2 is 2.24 bits per heavy atom. The zero-order valence-electron chi connectivity index (χ0n) is 12.8. The predicted octanol–water partition coefficient (Wildman–Crippen LogP) is 0.853. The van der Waals surface area contributed by atoms with Gasteiger partial charge in [-0.15, -0.1) is 0 Å². The molecule has 0 aromatic carbocycles. The topological polar surface area (TPSA) is 72.5 Å². The van der Waals surface area contributed by atoms with E-state index in [1.54, 1.807) is 17.3 Å². The lowest BCUT2D eigenvalue weighted by Crippen LogP contribution is -2.42. The summed E-state index contributed by atoms with van der Waals surface area (Å²) in [6.07, 6.45) is 7.18. The molecule has 2 N–H and O–H groups in total. The van der Waals surface area contributed by atoms with Crippen molar-refractivity contribution in [3.05, 3.63) is 18.2 Å². The molecule has 2 heterocycles. The minimum Gasteiger partial charge on any atom is -0.395 e. The van der Waals surface area contributed by atoms with E-state index in [1.165, 1.54) is 19.3 Å². The molecular weight excluding hydrogens is 268 g/mol. The number of carbonyl (C=O) groups excluding carboxylic acids is 1. The number of hydrogen-bond acceptors (Lipinski definition) is 4. The number of likely N-dealkylation sites (tertiary alicyclic amines) is 1. The van der Waals surface area contributed by atoms with E-state index in [1.807, 2.05) is 6.92 Å². The van der Waals surface area contributed by atoms with Crippen LogP contribution in [0, 0.1) is 5.92 Å². The van der Waals surface area contributed by atoms with Gasteiger partial charge in [0.1, 0.15) is 5.82 Å². The summed E-state index contributed by atoms with van der Waals surface area (Å²) in [5, 5.41) is 9.18. The highest BCUT2D eigenvalue weighted by Crippen LogP contribution is 2.13. The first-order chi connectivity index (χ1) is 10.2. The van der Waals surface area contributed by atoms with Crippen LogP contribution in [0.3, 0.4) is 0 Å². The van der Waals surface area contributed by atoms with Gasteiger partial charge in [-0.2, -0.15) is 0 Å². The number of imidazole rings is 1. The summed E-state index contributed by atoms with van der Waals surface area (Å²) in [5.74, 6) is 0.789. The van der Waals surface area contributed by atoms with E-state index in [0.29, 0.717) is 13.1 Å². The molecule has 1 amide bonds. The fourth-order valence-electron chi connectivity index (χ4n) is 2.87. The molecule has 0 saturated carbocycles. The molecule has 2 rings (SSSR count). The molecule has 21 heavy (non-hydrogen) atoms. The summed E-state index contributed by atoms with van der Waals surface area (Å²) in [4.78, 5) is 23.8. The zero-order chi connectivity index (χ0) is 15.1. The Balaban J connectivity index is 1.89. The van der Waals surface area contributed by atoms with Crippen molar-refractivity contribution in [3.8, 4) is 0 Å². The van der Waals surface area contributed by atoms with Crippen molar-refractivity contribution in [2.45, 2.75) is 32.7 Å².